The van der Waals surface area contributed by atoms with E-state index in [0.717, 1.165) is 31.5 Å². The predicted octanol–water partition coefficient (Wildman–Crippen LogP) is 2.58. The van der Waals surface area contributed by atoms with Gasteiger partial charge in [-0.15, -0.1) is 0 Å². The first-order valence-electron chi connectivity index (χ1n) is 7.50. The van der Waals surface area contributed by atoms with Crippen molar-refractivity contribution in [2.45, 2.75) is 32.2 Å². The number of rotatable bonds is 3. The van der Waals surface area contributed by atoms with Gasteiger partial charge in [-0.25, -0.2) is 0 Å². The van der Waals surface area contributed by atoms with Crippen LogP contribution in [0.4, 0.5) is 0 Å². The molecule has 2 aromatic rings. The molecule has 1 amide bonds. The summed E-state index contributed by atoms with van der Waals surface area (Å²) in [6.45, 7) is 2.77. The van der Waals surface area contributed by atoms with Gasteiger partial charge in [-0.05, 0) is 37.8 Å². The van der Waals surface area contributed by atoms with E-state index < -0.39 is 0 Å². The van der Waals surface area contributed by atoms with Gasteiger partial charge in [0.1, 0.15) is 5.69 Å². The highest BCUT2D eigenvalue weighted by molar-refractivity contribution is 5.93. The van der Waals surface area contributed by atoms with Crippen LogP contribution in [0.3, 0.4) is 0 Å². The minimum absolute atomic E-state index is 0.108. The van der Waals surface area contributed by atoms with Crippen LogP contribution < -0.4 is 0 Å². The molecule has 1 atom stereocenters. The van der Waals surface area contributed by atoms with Crippen LogP contribution in [-0.4, -0.2) is 33.2 Å². The standard InChI is InChI=1S/C17H21N3O/c1-13-11-16(19(2)18-13)17(21)20-10-6-9-15(20)12-14-7-4-3-5-8-14/h3-5,7-8,11,15H,6,9-10,12H2,1-2H3. The van der Waals surface area contributed by atoms with Gasteiger partial charge >= 0.3 is 0 Å². The van der Waals surface area contributed by atoms with Gasteiger partial charge < -0.3 is 4.90 Å². The lowest BCUT2D eigenvalue weighted by molar-refractivity contribution is 0.0725. The molecule has 0 radical (unpaired) electrons. The molecule has 4 nitrogen and oxygen atoms in total. The first kappa shape index (κ1) is 13.9. The van der Waals surface area contributed by atoms with E-state index in [2.05, 4.69) is 29.4 Å². The van der Waals surface area contributed by atoms with Gasteiger partial charge in [0.15, 0.2) is 0 Å². The van der Waals surface area contributed by atoms with Crippen LogP contribution in [0.25, 0.3) is 0 Å². The van der Waals surface area contributed by atoms with Crippen molar-refractivity contribution >= 4 is 5.91 Å². The Kier molecular flexibility index (Phi) is 3.78. The summed E-state index contributed by atoms with van der Waals surface area (Å²) in [6, 6.07) is 12.6. The Labute approximate surface area is 125 Å². The van der Waals surface area contributed by atoms with Crippen molar-refractivity contribution in [3.63, 3.8) is 0 Å². The molecular weight excluding hydrogens is 262 g/mol. The normalized spacial score (nSPS) is 18.2. The Morgan fingerprint density at radius 3 is 2.76 bits per heavy atom. The highest BCUT2D eigenvalue weighted by Crippen LogP contribution is 2.23. The van der Waals surface area contributed by atoms with Gasteiger partial charge in [0.05, 0.1) is 5.69 Å². The fraction of sp³-hybridized carbons (Fsp3) is 0.412. The van der Waals surface area contributed by atoms with Crippen molar-refractivity contribution in [2.24, 2.45) is 7.05 Å². The van der Waals surface area contributed by atoms with Gasteiger partial charge in [0.2, 0.25) is 0 Å². The Morgan fingerprint density at radius 2 is 2.10 bits per heavy atom. The average molecular weight is 283 g/mol. The molecule has 0 saturated carbocycles. The Bertz CT molecular complexity index is 633. The van der Waals surface area contributed by atoms with E-state index in [1.54, 1.807) is 4.68 Å². The van der Waals surface area contributed by atoms with Gasteiger partial charge in [0, 0.05) is 19.6 Å². The zero-order valence-corrected chi connectivity index (χ0v) is 12.6. The maximum atomic E-state index is 12.7. The van der Waals surface area contributed by atoms with Gasteiger partial charge in [-0.2, -0.15) is 5.10 Å². The zero-order valence-electron chi connectivity index (χ0n) is 12.6. The summed E-state index contributed by atoms with van der Waals surface area (Å²) < 4.78 is 1.69. The highest BCUT2D eigenvalue weighted by atomic mass is 16.2. The molecule has 1 aliphatic heterocycles. The number of hydrogen-bond donors (Lipinski definition) is 0. The largest absolute Gasteiger partial charge is 0.334 e. The highest BCUT2D eigenvalue weighted by Gasteiger charge is 2.30. The smallest absolute Gasteiger partial charge is 0.272 e. The van der Waals surface area contributed by atoms with Crippen molar-refractivity contribution in [1.29, 1.82) is 0 Å². The minimum Gasteiger partial charge on any atom is -0.334 e. The Hall–Kier alpha value is -2.10. The van der Waals surface area contributed by atoms with Crippen molar-refractivity contribution in [2.75, 3.05) is 6.54 Å². The minimum atomic E-state index is 0.108. The quantitative estimate of drug-likeness (QED) is 0.868. The number of amides is 1. The van der Waals surface area contributed by atoms with E-state index in [4.69, 9.17) is 0 Å². The monoisotopic (exact) mass is 283 g/mol. The maximum Gasteiger partial charge on any atom is 0.272 e. The predicted molar refractivity (Wildman–Crippen MR) is 82.1 cm³/mol. The second-order valence-electron chi connectivity index (χ2n) is 5.78. The van der Waals surface area contributed by atoms with Crippen LogP contribution >= 0.6 is 0 Å². The molecule has 0 bridgehead atoms. The van der Waals surface area contributed by atoms with Gasteiger partial charge in [0.25, 0.3) is 5.91 Å². The summed E-state index contributed by atoms with van der Waals surface area (Å²) in [4.78, 5) is 14.8. The number of hydrogen-bond acceptors (Lipinski definition) is 2. The molecule has 1 fully saturated rings. The number of carbonyl (C=O) groups excluding carboxylic acids is 1. The van der Waals surface area contributed by atoms with Crippen molar-refractivity contribution in [3.8, 4) is 0 Å². The van der Waals surface area contributed by atoms with Gasteiger partial charge in [-0.1, -0.05) is 30.3 Å². The van der Waals surface area contributed by atoms with Crippen LogP contribution in [0.1, 0.15) is 34.6 Å². The number of aryl methyl sites for hydroxylation is 2. The first-order chi connectivity index (χ1) is 10.1. The summed E-state index contributed by atoms with van der Waals surface area (Å²) in [6.07, 6.45) is 3.10. The zero-order chi connectivity index (χ0) is 14.8. The van der Waals surface area contributed by atoms with Crippen molar-refractivity contribution in [3.05, 3.63) is 53.3 Å². The third kappa shape index (κ3) is 2.84. The number of benzene rings is 1. The average Bonchev–Trinajstić information content (AvgIpc) is 3.06. The summed E-state index contributed by atoms with van der Waals surface area (Å²) in [5, 5.41) is 4.28. The van der Waals surface area contributed by atoms with Crippen LogP contribution in [-0.2, 0) is 13.5 Å². The summed E-state index contributed by atoms with van der Waals surface area (Å²) in [5.74, 6) is 0.108. The van der Waals surface area contributed by atoms with Gasteiger partial charge in [-0.3, -0.25) is 9.48 Å². The molecule has 1 aromatic carbocycles. The van der Waals surface area contributed by atoms with E-state index in [0.29, 0.717) is 11.7 Å². The Balaban J connectivity index is 1.77. The molecule has 110 valence electrons. The lowest BCUT2D eigenvalue weighted by Crippen LogP contribution is -2.37. The van der Waals surface area contributed by atoms with Crippen molar-refractivity contribution < 1.29 is 4.79 Å². The molecule has 1 aliphatic rings. The third-order valence-corrected chi connectivity index (χ3v) is 4.17. The lowest BCUT2D eigenvalue weighted by atomic mass is 10.0. The van der Waals surface area contributed by atoms with Crippen LogP contribution in [0.5, 0.6) is 0 Å². The van der Waals surface area contributed by atoms with E-state index in [-0.39, 0.29) is 5.91 Å². The topological polar surface area (TPSA) is 38.1 Å². The fourth-order valence-corrected chi connectivity index (χ4v) is 3.16. The van der Waals surface area contributed by atoms with Crippen LogP contribution in [0, 0.1) is 6.92 Å². The molecular formula is C17H21N3O. The molecule has 1 saturated heterocycles. The molecule has 1 aromatic heterocycles. The Morgan fingerprint density at radius 1 is 1.33 bits per heavy atom. The maximum absolute atomic E-state index is 12.7. The second-order valence-corrected chi connectivity index (χ2v) is 5.78. The molecule has 21 heavy (non-hydrogen) atoms. The second kappa shape index (κ2) is 5.72. The van der Waals surface area contributed by atoms with Crippen LogP contribution in [0.2, 0.25) is 0 Å². The van der Waals surface area contributed by atoms with Crippen LogP contribution in [0.15, 0.2) is 36.4 Å². The molecule has 1 unspecified atom stereocenters. The first-order valence-corrected chi connectivity index (χ1v) is 7.50. The fourth-order valence-electron chi connectivity index (χ4n) is 3.16. The van der Waals surface area contributed by atoms with E-state index >= 15 is 0 Å². The van der Waals surface area contributed by atoms with E-state index in [9.17, 15) is 4.79 Å². The molecule has 0 N–H and O–H groups in total. The molecule has 4 heteroatoms. The number of carbonyl (C=O) groups is 1. The molecule has 0 aliphatic carbocycles. The number of aromatic nitrogens is 2. The number of likely N-dealkylation sites (tertiary alicyclic amines) is 1. The lowest BCUT2D eigenvalue weighted by Gasteiger charge is -2.24. The number of nitrogens with zero attached hydrogens (tertiary/aromatic N) is 3. The SMILES string of the molecule is Cc1cc(C(=O)N2CCCC2Cc2ccccc2)n(C)n1. The summed E-state index contributed by atoms with van der Waals surface area (Å²) in [7, 11) is 1.84. The summed E-state index contributed by atoms with van der Waals surface area (Å²) in [5.41, 5.74) is 2.87. The van der Waals surface area contributed by atoms with E-state index in [1.165, 1.54) is 5.56 Å². The third-order valence-electron chi connectivity index (χ3n) is 4.17. The van der Waals surface area contributed by atoms with Crippen molar-refractivity contribution in [1.82, 2.24) is 14.7 Å². The molecule has 3 rings (SSSR count). The molecule has 0 spiro atoms. The van der Waals surface area contributed by atoms with E-state index in [1.807, 2.05) is 31.0 Å². The summed E-state index contributed by atoms with van der Waals surface area (Å²) >= 11 is 0. The molecule has 2 heterocycles.